The van der Waals surface area contributed by atoms with Gasteiger partial charge in [-0.3, -0.25) is 9.59 Å². The number of nitrogens with zero attached hydrogens (tertiary/aromatic N) is 2. The van der Waals surface area contributed by atoms with Crippen molar-refractivity contribution in [2.45, 2.75) is 47.0 Å². The fraction of sp³-hybridized carbons (Fsp3) is 0.500. The van der Waals surface area contributed by atoms with Crippen LogP contribution in [0.5, 0.6) is 0 Å². The number of carbonyl (C=O) groups excluding carboxylic acids is 1. The Morgan fingerprint density at radius 2 is 2.00 bits per heavy atom. The van der Waals surface area contributed by atoms with E-state index in [9.17, 15) is 14.7 Å². The molecule has 2 heterocycles. The number of hydrogen-bond acceptors (Lipinski definition) is 4. The van der Waals surface area contributed by atoms with Crippen LogP contribution in [0.4, 0.5) is 0 Å². The molecule has 1 atom stereocenters. The van der Waals surface area contributed by atoms with Crippen LogP contribution in [0.1, 0.15) is 44.9 Å². The first-order chi connectivity index (χ1) is 13.1. The Balaban J connectivity index is 1.85. The molecule has 0 aliphatic carbocycles. The third-order valence-electron chi connectivity index (χ3n) is 5.45. The highest BCUT2D eigenvalue weighted by atomic mass is 16.5. The Bertz CT molecular complexity index is 881. The zero-order valence-corrected chi connectivity index (χ0v) is 17.0. The second-order valence-corrected chi connectivity index (χ2v) is 8.84. The summed E-state index contributed by atoms with van der Waals surface area (Å²) in [5.41, 5.74) is 1.16. The Morgan fingerprint density at radius 3 is 2.64 bits per heavy atom. The SMILES string of the molecule is Cc1ccccc1-c1cc(CC2(C(=O)O)CCCN(C(=O)C(C)(C)C)C2)on1. The lowest BCUT2D eigenvalue weighted by atomic mass is 9.75. The molecule has 28 heavy (non-hydrogen) atoms. The van der Waals surface area contributed by atoms with Crippen LogP contribution < -0.4 is 0 Å². The summed E-state index contributed by atoms with van der Waals surface area (Å²) >= 11 is 0. The van der Waals surface area contributed by atoms with Crippen molar-refractivity contribution in [1.82, 2.24) is 10.1 Å². The van der Waals surface area contributed by atoms with E-state index in [-0.39, 0.29) is 18.9 Å². The van der Waals surface area contributed by atoms with Gasteiger partial charge in [0, 0.05) is 36.6 Å². The molecule has 1 saturated heterocycles. The number of aromatic nitrogens is 1. The quantitative estimate of drug-likeness (QED) is 0.863. The van der Waals surface area contributed by atoms with E-state index >= 15 is 0 Å². The third-order valence-corrected chi connectivity index (χ3v) is 5.45. The summed E-state index contributed by atoms with van der Waals surface area (Å²) in [5, 5.41) is 14.2. The zero-order valence-electron chi connectivity index (χ0n) is 17.0. The first kappa shape index (κ1) is 20.1. The molecule has 1 amide bonds. The first-order valence-electron chi connectivity index (χ1n) is 9.67. The molecule has 150 valence electrons. The molecule has 1 aliphatic heterocycles. The van der Waals surface area contributed by atoms with E-state index in [1.165, 1.54) is 0 Å². The second-order valence-electron chi connectivity index (χ2n) is 8.84. The Kier molecular flexibility index (Phi) is 5.33. The minimum atomic E-state index is -1.05. The number of aryl methyl sites for hydroxylation is 1. The molecule has 0 bridgehead atoms. The fourth-order valence-corrected chi connectivity index (χ4v) is 3.89. The largest absolute Gasteiger partial charge is 0.481 e. The summed E-state index contributed by atoms with van der Waals surface area (Å²) in [5.74, 6) is -0.380. The topological polar surface area (TPSA) is 83.6 Å². The van der Waals surface area contributed by atoms with Crippen LogP contribution in [-0.2, 0) is 16.0 Å². The lowest BCUT2D eigenvalue weighted by molar-refractivity contribution is -0.157. The summed E-state index contributed by atoms with van der Waals surface area (Å²) in [6, 6.07) is 9.68. The molecule has 2 aromatic rings. The Hall–Kier alpha value is -2.63. The maximum atomic E-state index is 12.7. The van der Waals surface area contributed by atoms with Gasteiger partial charge in [0.1, 0.15) is 11.5 Å². The molecule has 6 nitrogen and oxygen atoms in total. The van der Waals surface area contributed by atoms with Crippen LogP contribution in [-0.4, -0.2) is 40.1 Å². The number of likely N-dealkylation sites (tertiary alicyclic amines) is 1. The smallest absolute Gasteiger partial charge is 0.311 e. The number of hydrogen-bond donors (Lipinski definition) is 1. The molecular formula is C22H28N2O4. The predicted molar refractivity (Wildman–Crippen MR) is 106 cm³/mol. The molecule has 1 unspecified atom stereocenters. The maximum Gasteiger partial charge on any atom is 0.311 e. The van der Waals surface area contributed by atoms with E-state index in [0.29, 0.717) is 30.8 Å². The van der Waals surface area contributed by atoms with Crippen molar-refractivity contribution in [3.63, 3.8) is 0 Å². The van der Waals surface area contributed by atoms with Gasteiger partial charge in [-0.05, 0) is 25.3 Å². The van der Waals surface area contributed by atoms with Crippen LogP contribution in [0.3, 0.4) is 0 Å². The van der Waals surface area contributed by atoms with Crippen LogP contribution in [0.2, 0.25) is 0 Å². The number of piperidine rings is 1. The van der Waals surface area contributed by atoms with Crippen LogP contribution in [0.25, 0.3) is 11.3 Å². The summed E-state index contributed by atoms with van der Waals surface area (Å²) in [6.07, 6.45) is 1.39. The van der Waals surface area contributed by atoms with Gasteiger partial charge in [0.05, 0.1) is 5.41 Å². The van der Waals surface area contributed by atoms with Gasteiger partial charge in [-0.2, -0.15) is 0 Å². The normalized spacial score (nSPS) is 20.2. The molecule has 1 aromatic carbocycles. The van der Waals surface area contributed by atoms with Gasteiger partial charge in [-0.15, -0.1) is 0 Å². The van der Waals surface area contributed by atoms with Gasteiger partial charge in [0.15, 0.2) is 0 Å². The highest BCUT2D eigenvalue weighted by molar-refractivity contribution is 5.83. The molecule has 1 aliphatic rings. The summed E-state index contributed by atoms with van der Waals surface area (Å²) in [4.78, 5) is 26.6. The fourth-order valence-electron chi connectivity index (χ4n) is 3.89. The molecule has 6 heteroatoms. The van der Waals surface area contributed by atoms with Crippen molar-refractivity contribution < 1.29 is 19.2 Å². The van der Waals surface area contributed by atoms with Gasteiger partial charge in [0.2, 0.25) is 5.91 Å². The molecule has 0 saturated carbocycles. The first-order valence-corrected chi connectivity index (χ1v) is 9.67. The molecular weight excluding hydrogens is 356 g/mol. The zero-order chi connectivity index (χ0) is 20.5. The molecule has 0 spiro atoms. The van der Waals surface area contributed by atoms with Crippen molar-refractivity contribution in [2.24, 2.45) is 10.8 Å². The number of aliphatic carboxylic acids is 1. The van der Waals surface area contributed by atoms with Gasteiger partial charge in [-0.1, -0.05) is 50.2 Å². The standard InChI is InChI=1S/C22H28N2O4/c1-15-8-5-6-9-17(15)18-12-16(28-23-18)13-22(20(26)27)10-7-11-24(14-22)19(25)21(2,3)4/h5-6,8-9,12H,7,10-11,13-14H2,1-4H3,(H,26,27). The van der Waals surface area contributed by atoms with Crippen molar-refractivity contribution in [1.29, 1.82) is 0 Å². The minimum absolute atomic E-state index is 0.0176. The highest BCUT2D eigenvalue weighted by Crippen LogP contribution is 2.36. The van der Waals surface area contributed by atoms with Crippen LogP contribution in [0, 0.1) is 17.8 Å². The monoisotopic (exact) mass is 384 g/mol. The average molecular weight is 384 g/mol. The molecule has 0 radical (unpaired) electrons. The lowest BCUT2D eigenvalue weighted by Gasteiger charge is -2.41. The van der Waals surface area contributed by atoms with Crippen molar-refractivity contribution >= 4 is 11.9 Å². The Morgan fingerprint density at radius 1 is 1.29 bits per heavy atom. The minimum Gasteiger partial charge on any atom is -0.481 e. The number of carboxylic acid groups (broad SMARTS) is 1. The number of amides is 1. The number of benzene rings is 1. The van der Waals surface area contributed by atoms with Gasteiger partial charge >= 0.3 is 5.97 Å². The predicted octanol–water partition coefficient (Wildman–Crippen LogP) is 3.93. The van der Waals surface area contributed by atoms with Gasteiger partial charge in [0.25, 0.3) is 0 Å². The van der Waals surface area contributed by atoms with Crippen LogP contribution >= 0.6 is 0 Å². The summed E-state index contributed by atoms with van der Waals surface area (Å²) < 4.78 is 5.50. The number of rotatable bonds is 4. The number of carbonyl (C=O) groups is 2. The lowest BCUT2D eigenvalue weighted by Crippen LogP contribution is -2.53. The van der Waals surface area contributed by atoms with Gasteiger partial charge < -0.3 is 14.5 Å². The van der Waals surface area contributed by atoms with Crippen molar-refractivity contribution in [3.05, 3.63) is 41.7 Å². The van der Waals surface area contributed by atoms with Crippen molar-refractivity contribution in [2.75, 3.05) is 13.1 Å². The van der Waals surface area contributed by atoms with E-state index in [4.69, 9.17) is 4.52 Å². The van der Waals surface area contributed by atoms with E-state index in [2.05, 4.69) is 5.16 Å². The second kappa shape index (κ2) is 7.41. The maximum absolute atomic E-state index is 12.7. The van der Waals surface area contributed by atoms with Crippen molar-refractivity contribution in [3.8, 4) is 11.3 Å². The summed E-state index contributed by atoms with van der Waals surface area (Å²) in [6.45, 7) is 8.36. The molecule has 1 aromatic heterocycles. The molecule has 1 fully saturated rings. The average Bonchev–Trinajstić information content (AvgIpc) is 3.08. The molecule has 3 rings (SSSR count). The van der Waals surface area contributed by atoms with E-state index < -0.39 is 16.8 Å². The third kappa shape index (κ3) is 3.96. The highest BCUT2D eigenvalue weighted by Gasteiger charge is 2.46. The summed E-state index contributed by atoms with van der Waals surface area (Å²) in [7, 11) is 0. The van der Waals surface area contributed by atoms with Gasteiger partial charge in [-0.25, -0.2) is 0 Å². The Labute approximate surface area is 165 Å². The van der Waals surface area contributed by atoms with E-state index in [0.717, 1.165) is 11.1 Å². The van der Waals surface area contributed by atoms with E-state index in [1.807, 2.05) is 58.0 Å². The van der Waals surface area contributed by atoms with E-state index in [1.54, 1.807) is 4.90 Å². The number of carboxylic acids is 1. The molecule has 1 N–H and O–H groups in total. The van der Waals surface area contributed by atoms with Crippen LogP contribution in [0.15, 0.2) is 34.9 Å².